The van der Waals surface area contributed by atoms with E-state index in [1.54, 1.807) is 0 Å². The average Bonchev–Trinajstić information content (AvgIpc) is 3.92. The van der Waals surface area contributed by atoms with E-state index in [0.717, 1.165) is 88.3 Å². The van der Waals surface area contributed by atoms with Crippen LogP contribution >= 0.6 is 0 Å². The van der Waals surface area contributed by atoms with Crippen molar-refractivity contribution in [2.45, 2.75) is 6.17 Å². The third kappa shape index (κ3) is 5.53. The van der Waals surface area contributed by atoms with Crippen LogP contribution in [0.3, 0.4) is 0 Å². The number of hydrogen-bond donors (Lipinski definition) is 1. The molecule has 0 spiro atoms. The first-order chi connectivity index (χ1) is 32.7. The quantitative estimate of drug-likeness (QED) is 0.176. The summed E-state index contributed by atoms with van der Waals surface area (Å²) in [6.45, 7) is 0. The van der Waals surface area contributed by atoms with E-state index in [4.69, 9.17) is 14.4 Å². The summed E-state index contributed by atoms with van der Waals surface area (Å²) < 4.78 is 9.62. The van der Waals surface area contributed by atoms with Gasteiger partial charge in [0.05, 0.1) is 16.7 Å². The van der Waals surface area contributed by atoms with Crippen molar-refractivity contribution in [2.24, 2.45) is 9.98 Å². The minimum atomic E-state index is -0.545. The van der Waals surface area contributed by atoms with E-state index in [1.165, 1.54) is 37.9 Å². The summed E-state index contributed by atoms with van der Waals surface area (Å²) in [6, 6.07) is 77.9. The summed E-state index contributed by atoms with van der Waals surface area (Å²) in [4.78, 5) is 11.1. The molecule has 5 nitrogen and oxygen atoms in total. The van der Waals surface area contributed by atoms with Gasteiger partial charge in [-0.05, 0) is 79.2 Å². The molecule has 5 heteroatoms. The number of hydrogen-bond acceptors (Lipinski definition) is 4. The Balaban J connectivity index is 1.07. The van der Waals surface area contributed by atoms with E-state index in [2.05, 4.69) is 228 Å². The number of para-hydroxylation sites is 2. The first-order valence-electron chi connectivity index (χ1n) is 22.5. The highest BCUT2D eigenvalue weighted by molar-refractivity contribution is 6.24. The van der Waals surface area contributed by atoms with Crippen molar-refractivity contribution in [3.63, 3.8) is 0 Å². The molecular weight excluding hydrogens is 805 g/mol. The molecule has 1 aliphatic rings. The van der Waals surface area contributed by atoms with Crippen LogP contribution in [-0.2, 0) is 0 Å². The van der Waals surface area contributed by atoms with Crippen LogP contribution in [-0.4, -0.2) is 16.2 Å². The van der Waals surface area contributed by atoms with Gasteiger partial charge in [-0.1, -0.05) is 188 Å². The van der Waals surface area contributed by atoms with E-state index >= 15 is 0 Å². The highest BCUT2D eigenvalue weighted by Gasteiger charge is 2.31. The van der Waals surface area contributed by atoms with Crippen molar-refractivity contribution in [1.29, 1.82) is 0 Å². The number of benzene rings is 11. The molecule has 0 saturated heterocycles. The molecule has 1 unspecified atom stereocenters. The average molecular weight is 843 g/mol. The maximum Gasteiger partial charge on any atom is 0.160 e. The first kappa shape index (κ1) is 36.7. The van der Waals surface area contributed by atoms with Gasteiger partial charge in [0.2, 0.25) is 0 Å². The van der Waals surface area contributed by atoms with Gasteiger partial charge < -0.3 is 14.3 Å². The summed E-state index contributed by atoms with van der Waals surface area (Å²) >= 11 is 0. The van der Waals surface area contributed by atoms with Gasteiger partial charge in [-0.15, -0.1) is 0 Å². The van der Waals surface area contributed by atoms with Gasteiger partial charge in [0.15, 0.2) is 11.4 Å². The van der Waals surface area contributed by atoms with Crippen LogP contribution in [0, 0.1) is 0 Å². The van der Waals surface area contributed by atoms with Crippen molar-refractivity contribution in [2.75, 3.05) is 0 Å². The fourth-order valence-corrected chi connectivity index (χ4v) is 10.6. The topological polar surface area (TPSA) is 54.8 Å². The van der Waals surface area contributed by atoms with Gasteiger partial charge in [-0.25, -0.2) is 9.98 Å². The summed E-state index contributed by atoms with van der Waals surface area (Å²) in [5.41, 5.74) is 10.2. The zero-order chi connectivity index (χ0) is 43.3. The summed E-state index contributed by atoms with van der Waals surface area (Å²) in [5, 5.41) is 17.6. The molecule has 0 radical (unpaired) electrons. The first-order valence-corrected chi connectivity index (χ1v) is 22.5. The number of amidine groups is 2. The van der Waals surface area contributed by atoms with Gasteiger partial charge in [0, 0.05) is 43.6 Å². The molecular formula is C61H38N4O. The highest BCUT2D eigenvalue weighted by Crippen LogP contribution is 2.47. The predicted octanol–water partition coefficient (Wildman–Crippen LogP) is 15.5. The van der Waals surface area contributed by atoms with E-state index in [0.29, 0.717) is 5.84 Å². The highest BCUT2D eigenvalue weighted by atomic mass is 16.3. The predicted molar refractivity (Wildman–Crippen MR) is 275 cm³/mol. The molecule has 0 saturated carbocycles. The maximum atomic E-state index is 7.19. The van der Waals surface area contributed by atoms with Gasteiger partial charge in [0.1, 0.15) is 17.6 Å². The molecule has 2 aromatic heterocycles. The SMILES string of the molecule is c1ccc(-c2ccc(C3=NC(c4cc5ccccc5c5ccccc45)=NC(c4c5ccccc5c(-n5c6ccccc6c6cc7ccccc7cc65)c5oc6ccccc6c45)N3)cc2)cc1. The summed E-state index contributed by atoms with van der Waals surface area (Å²) in [7, 11) is 0. The van der Waals surface area contributed by atoms with E-state index in [-0.39, 0.29) is 0 Å². The number of furan rings is 1. The van der Waals surface area contributed by atoms with E-state index in [1.807, 2.05) is 0 Å². The lowest BCUT2D eigenvalue weighted by Crippen LogP contribution is -2.34. The normalized spacial score (nSPS) is 14.2. The van der Waals surface area contributed by atoms with E-state index < -0.39 is 6.17 Å². The maximum absolute atomic E-state index is 7.19. The Morgan fingerprint density at radius 1 is 0.424 bits per heavy atom. The monoisotopic (exact) mass is 842 g/mol. The van der Waals surface area contributed by atoms with Crippen LogP contribution in [0.2, 0.25) is 0 Å². The molecule has 3 heterocycles. The Labute approximate surface area is 379 Å². The zero-order valence-corrected chi connectivity index (χ0v) is 35.6. The second-order valence-electron chi connectivity index (χ2n) is 17.3. The number of nitrogens with one attached hydrogen (secondary N) is 1. The van der Waals surface area contributed by atoms with Crippen molar-refractivity contribution in [3.05, 3.63) is 235 Å². The Hall–Kier alpha value is -8.80. The Morgan fingerprint density at radius 2 is 1.02 bits per heavy atom. The minimum absolute atomic E-state index is 0.545. The lowest BCUT2D eigenvalue weighted by molar-refractivity contribution is 0.662. The van der Waals surface area contributed by atoms with Crippen LogP contribution in [0.25, 0.3) is 104 Å². The van der Waals surface area contributed by atoms with Gasteiger partial charge >= 0.3 is 0 Å². The third-order valence-electron chi connectivity index (χ3n) is 13.6. The second-order valence-corrected chi connectivity index (χ2v) is 17.3. The molecule has 0 amide bonds. The standard InChI is InChI=1S/C61H38N4O/c1-2-16-37(17-3-1)38-30-32-39(33-31-38)59-62-60(51-35-42-20-6-7-21-43(42)44-22-8-9-23-45(44)51)64-61(63-59)56-47-25-10-11-26-48(47)57(58-55(56)49-27-13-15-29-54(49)66-58)65-52-28-14-12-24-46(52)50-34-40-18-4-5-19-41(40)36-53(50)65/h1-36,61H,(H,62,63,64). The largest absolute Gasteiger partial charge is 0.454 e. The molecule has 0 bridgehead atoms. The molecule has 0 fully saturated rings. The van der Waals surface area contributed by atoms with Gasteiger partial charge in [-0.2, -0.15) is 0 Å². The third-order valence-corrected chi connectivity index (χ3v) is 13.6. The van der Waals surface area contributed by atoms with Crippen molar-refractivity contribution in [3.8, 4) is 16.8 Å². The Kier molecular flexibility index (Phi) is 7.98. The molecule has 66 heavy (non-hydrogen) atoms. The molecule has 1 N–H and O–H groups in total. The van der Waals surface area contributed by atoms with Crippen LogP contribution in [0.15, 0.2) is 233 Å². The van der Waals surface area contributed by atoms with Crippen LogP contribution < -0.4 is 5.32 Å². The van der Waals surface area contributed by atoms with Crippen LogP contribution in [0.1, 0.15) is 22.9 Å². The number of aliphatic imine (C=N–C) groups is 2. The molecule has 0 aliphatic carbocycles. The summed E-state index contributed by atoms with van der Waals surface area (Å²) in [6.07, 6.45) is -0.545. The van der Waals surface area contributed by atoms with Crippen molar-refractivity contribution >= 4 is 98.5 Å². The van der Waals surface area contributed by atoms with Crippen molar-refractivity contribution < 1.29 is 4.42 Å². The smallest absolute Gasteiger partial charge is 0.160 e. The zero-order valence-electron chi connectivity index (χ0n) is 35.6. The van der Waals surface area contributed by atoms with E-state index in [9.17, 15) is 0 Å². The lowest BCUT2D eigenvalue weighted by Gasteiger charge is -2.27. The lowest BCUT2D eigenvalue weighted by atomic mass is 9.93. The molecule has 308 valence electrons. The van der Waals surface area contributed by atoms with Gasteiger partial charge in [-0.3, -0.25) is 0 Å². The Bertz CT molecular complexity index is 4200. The molecule has 13 aromatic rings. The van der Waals surface area contributed by atoms with Crippen LogP contribution in [0.4, 0.5) is 0 Å². The molecule has 1 aliphatic heterocycles. The number of fused-ring (bicyclic) bond motifs is 11. The second kappa shape index (κ2) is 14.4. The molecule has 1 atom stereocenters. The Morgan fingerprint density at radius 3 is 1.82 bits per heavy atom. The molecule has 14 rings (SSSR count). The number of aromatic nitrogens is 1. The molecule has 11 aromatic carbocycles. The number of rotatable bonds is 5. The fraction of sp³-hybridized carbons (Fsp3) is 0.0164. The minimum Gasteiger partial charge on any atom is -0.454 e. The summed E-state index contributed by atoms with van der Waals surface area (Å²) in [5.74, 6) is 1.43. The number of nitrogens with zero attached hydrogens (tertiary/aromatic N) is 3. The van der Waals surface area contributed by atoms with Gasteiger partial charge in [0.25, 0.3) is 0 Å². The van der Waals surface area contributed by atoms with Crippen molar-refractivity contribution in [1.82, 2.24) is 9.88 Å². The van der Waals surface area contributed by atoms with Crippen LogP contribution in [0.5, 0.6) is 0 Å². The fourth-order valence-electron chi connectivity index (χ4n) is 10.6.